The van der Waals surface area contributed by atoms with Gasteiger partial charge >= 0.3 is 0 Å². The van der Waals surface area contributed by atoms with Gasteiger partial charge in [-0.2, -0.15) is 0 Å². The molecule has 10 nitrogen and oxygen atoms in total. The van der Waals surface area contributed by atoms with Crippen LogP contribution in [0.15, 0.2) is 67.1 Å². The van der Waals surface area contributed by atoms with Crippen LogP contribution in [0.5, 0.6) is 0 Å². The van der Waals surface area contributed by atoms with Crippen LogP contribution in [0.25, 0.3) is 17.0 Å². The highest BCUT2D eigenvalue weighted by atomic mass is 32.2. The molecular weight excluding hydrogens is 444 g/mol. The van der Waals surface area contributed by atoms with E-state index >= 15 is 0 Å². The highest BCUT2D eigenvalue weighted by Gasteiger charge is 2.16. The molecule has 0 radical (unpaired) electrons. The summed E-state index contributed by atoms with van der Waals surface area (Å²) in [6.07, 6.45) is 6.36. The zero-order valence-corrected chi connectivity index (χ0v) is 18.6. The van der Waals surface area contributed by atoms with E-state index in [1.807, 2.05) is 22.9 Å². The molecule has 2 aromatic carbocycles. The Morgan fingerprint density at radius 1 is 1.00 bits per heavy atom. The molecule has 0 unspecified atom stereocenters. The van der Waals surface area contributed by atoms with Crippen molar-refractivity contribution in [3.8, 4) is 11.3 Å². The molecule has 2 aromatic heterocycles. The third-order valence-corrected chi connectivity index (χ3v) is 5.14. The topological polar surface area (TPSA) is 135 Å². The van der Waals surface area contributed by atoms with Crippen molar-refractivity contribution < 1.29 is 18.0 Å². The number of aromatic nitrogens is 3. The lowest BCUT2D eigenvalue weighted by molar-refractivity contribution is -0.114. The van der Waals surface area contributed by atoms with Crippen molar-refractivity contribution in [3.63, 3.8) is 0 Å². The smallest absolute Gasteiger partial charge is 0.257 e. The Morgan fingerprint density at radius 3 is 2.39 bits per heavy atom. The lowest BCUT2D eigenvalue weighted by Crippen LogP contribution is -2.18. The normalized spacial score (nSPS) is 11.2. The fourth-order valence-corrected chi connectivity index (χ4v) is 3.77. The summed E-state index contributed by atoms with van der Waals surface area (Å²) >= 11 is 0. The minimum atomic E-state index is -3.62. The van der Waals surface area contributed by atoms with Crippen molar-refractivity contribution in [2.75, 3.05) is 21.6 Å². The minimum Gasteiger partial charge on any atom is -0.326 e. The van der Waals surface area contributed by atoms with Gasteiger partial charge in [0.25, 0.3) is 5.91 Å². The summed E-state index contributed by atoms with van der Waals surface area (Å²) in [4.78, 5) is 33.0. The quantitative estimate of drug-likeness (QED) is 0.402. The monoisotopic (exact) mass is 464 g/mol. The van der Waals surface area contributed by atoms with E-state index in [4.69, 9.17) is 0 Å². The Bertz CT molecular complexity index is 1430. The molecule has 4 aromatic rings. The van der Waals surface area contributed by atoms with Crippen molar-refractivity contribution >= 4 is 44.7 Å². The van der Waals surface area contributed by atoms with Crippen LogP contribution in [0.3, 0.4) is 0 Å². The zero-order chi connectivity index (χ0) is 23.6. The van der Waals surface area contributed by atoms with Gasteiger partial charge in [-0.15, -0.1) is 0 Å². The second kappa shape index (κ2) is 8.71. The second-order valence-corrected chi connectivity index (χ2v) is 9.05. The molecule has 0 aliphatic rings. The summed E-state index contributed by atoms with van der Waals surface area (Å²) in [5.41, 5.74) is 2.59. The van der Waals surface area contributed by atoms with Crippen LogP contribution >= 0.6 is 0 Å². The van der Waals surface area contributed by atoms with Gasteiger partial charge in [0.2, 0.25) is 21.7 Å². The van der Waals surface area contributed by atoms with E-state index in [1.165, 1.54) is 25.1 Å². The van der Waals surface area contributed by atoms with Crippen molar-refractivity contribution in [1.82, 2.24) is 14.4 Å². The molecule has 0 aliphatic heterocycles. The first kappa shape index (κ1) is 22.0. The molecule has 0 saturated carbocycles. The van der Waals surface area contributed by atoms with E-state index in [0.717, 1.165) is 17.5 Å². The number of hydrogen-bond acceptors (Lipinski definition) is 6. The van der Waals surface area contributed by atoms with E-state index in [2.05, 4.69) is 25.3 Å². The average molecular weight is 465 g/mol. The van der Waals surface area contributed by atoms with Crippen molar-refractivity contribution in [3.05, 3.63) is 72.7 Å². The maximum atomic E-state index is 12.9. The number of rotatable bonds is 6. The van der Waals surface area contributed by atoms with Gasteiger partial charge in [-0.3, -0.25) is 18.7 Å². The zero-order valence-electron chi connectivity index (χ0n) is 17.7. The van der Waals surface area contributed by atoms with Gasteiger partial charge in [-0.1, -0.05) is 12.1 Å². The Morgan fingerprint density at radius 2 is 1.73 bits per heavy atom. The fraction of sp³-hybridized carbons (Fsp3) is 0.0909. The summed E-state index contributed by atoms with van der Waals surface area (Å²) in [5.74, 6) is -0.282. The van der Waals surface area contributed by atoms with Crippen LogP contribution < -0.4 is 15.4 Å². The largest absolute Gasteiger partial charge is 0.326 e. The number of benzene rings is 2. The Kier molecular flexibility index (Phi) is 5.80. The van der Waals surface area contributed by atoms with Gasteiger partial charge in [0.1, 0.15) is 0 Å². The van der Waals surface area contributed by atoms with Crippen LogP contribution in [0.4, 0.5) is 17.1 Å². The van der Waals surface area contributed by atoms with Gasteiger partial charge in [-0.05, 0) is 36.4 Å². The van der Waals surface area contributed by atoms with Crippen LogP contribution in [0.2, 0.25) is 0 Å². The molecule has 0 bridgehead atoms. The Labute approximate surface area is 189 Å². The average Bonchev–Trinajstić information content (AvgIpc) is 3.18. The van der Waals surface area contributed by atoms with Crippen LogP contribution in [-0.4, -0.2) is 40.9 Å². The summed E-state index contributed by atoms with van der Waals surface area (Å²) in [6, 6.07) is 13.2. The summed E-state index contributed by atoms with van der Waals surface area (Å²) in [6.45, 7) is 1.34. The van der Waals surface area contributed by atoms with Crippen LogP contribution in [0, 0.1) is 0 Å². The molecule has 4 rings (SSSR count). The number of nitrogens with one attached hydrogen (secondary N) is 3. The maximum absolute atomic E-state index is 12.9. The van der Waals surface area contributed by atoms with E-state index in [9.17, 15) is 18.0 Å². The number of sulfonamides is 1. The number of anilines is 3. The number of amides is 2. The molecule has 2 heterocycles. The molecule has 0 spiro atoms. The lowest BCUT2D eigenvalue weighted by atomic mass is 10.1. The van der Waals surface area contributed by atoms with Crippen LogP contribution in [0.1, 0.15) is 17.3 Å². The van der Waals surface area contributed by atoms with Gasteiger partial charge in [0, 0.05) is 42.5 Å². The number of fused-ring (bicyclic) bond motifs is 1. The van der Waals surface area contributed by atoms with E-state index in [0.29, 0.717) is 17.2 Å². The predicted molar refractivity (Wildman–Crippen MR) is 126 cm³/mol. The number of nitrogens with zero attached hydrogens (tertiary/aromatic N) is 3. The van der Waals surface area contributed by atoms with Crippen molar-refractivity contribution in [2.45, 2.75) is 6.92 Å². The Hall–Kier alpha value is -4.25. The van der Waals surface area contributed by atoms with Crippen LogP contribution in [-0.2, 0) is 14.8 Å². The number of imidazole rings is 1. The first-order chi connectivity index (χ1) is 15.7. The highest BCUT2D eigenvalue weighted by molar-refractivity contribution is 7.92. The molecule has 11 heteroatoms. The summed E-state index contributed by atoms with van der Waals surface area (Å²) in [7, 11) is -3.62. The molecule has 2 amide bonds. The molecule has 0 fully saturated rings. The number of carbonyl (C=O) groups is 2. The fourth-order valence-electron chi connectivity index (χ4n) is 3.19. The second-order valence-electron chi connectivity index (χ2n) is 7.30. The molecule has 168 valence electrons. The standard InChI is InChI=1S/C22H20N6O4S/c1-14(29)24-17-8-9-19(27-33(2,31)32)18(12-17)21(30)25-16-6-4-15(5-7-16)20-13-28-11-3-10-23-22(28)26-20/h3-13,27H,1-2H3,(H,24,29)(H,25,30). The number of hydrogen-bond donors (Lipinski definition) is 3. The molecule has 33 heavy (non-hydrogen) atoms. The third kappa shape index (κ3) is 5.33. The Balaban J connectivity index is 1.58. The van der Waals surface area contributed by atoms with Gasteiger partial charge in [-0.25, -0.2) is 18.4 Å². The highest BCUT2D eigenvalue weighted by Crippen LogP contribution is 2.25. The van der Waals surface area contributed by atoms with Gasteiger partial charge in [0.05, 0.1) is 23.2 Å². The van der Waals surface area contributed by atoms with E-state index in [-0.39, 0.29) is 17.2 Å². The molecule has 3 N–H and O–H groups in total. The first-order valence-corrected chi connectivity index (χ1v) is 11.7. The lowest BCUT2D eigenvalue weighted by Gasteiger charge is -2.13. The third-order valence-electron chi connectivity index (χ3n) is 4.55. The van der Waals surface area contributed by atoms with E-state index < -0.39 is 15.9 Å². The molecule has 0 atom stereocenters. The summed E-state index contributed by atoms with van der Waals surface area (Å²) < 4.78 is 27.5. The predicted octanol–water partition coefficient (Wildman–Crippen LogP) is 2.98. The van der Waals surface area contributed by atoms with Crippen molar-refractivity contribution in [1.29, 1.82) is 0 Å². The summed E-state index contributed by atoms with van der Waals surface area (Å²) in [5, 5.41) is 5.33. The molecule has 0 saturated heterocycles. The first-order valence-electron chi connectivity index (χ1n) is 9.79. The van der Waals surface area contributed by atoms with Gasteiger partial charge < -0.3 is 10.6 Å². The van der Waals surface area contributed by atoms with E-state index in [1.54, 1.807) is 30.5 Å². The van der Waals surface area contributed by atoms with Gasteiger partial charge in [0.15, 0.2) is 0 Å². The minimum absolute atomic E-state index is 0.0576. The molecular formula is C22H20N6O4S. The van der Waals surface area contributed by atoms with Crippen molar-refractivity contribution in [2.24, 2.45) is 0 Å². The SMILES string of the molecule is CC(=O)Nc1ccc(NS(C)(=O)=O)c(C(=O)Nc2ccc(-c3cn4cccnc4n3)cc2)c1. The maximum Gasteiger partial charge on any atom is 0.257 e. The number of carbonyl (C=O) groups excluding carboxylic acids is 2. The molecule has 0 aliphatic carbocycles.